The van der Waals surface area contributed by atoms with E-state index in [0.717, 1.165) is 15.4 Å². The average Bonchev–Trinajstić information content (AvgIpc) is 2.67. The van der Waals surface area contributed by atoms with Gasteiger partial charge in [0.15, 0.2) is 0 Å². The highest BCUT2D eigenvalue weighted by atomic mass is 32.2. The Labute approximate surface area is 97.5 Å². The van der Waals surface area contributed by atoms with Gasteiger partial charge < -0.3 is 5.73 Å². The Bertz CT molecular complexity index is 496. The van der Waals surface area contributed by atoms with E-state index < -0.39 is 0 Å². The molecule has 0 saturated carbocycles. The summed E-state index contributed by atoms with van der Waals surface area (Å²) in [7, 11) is 1.86. The maximum atomic E-state index is 13.0. The predicted octanol–water partition coefficient (Wildman–Crippen LogP) is 2.17. The van der Waals surface area contributed by atoms with Gasteiger partial charge >= 0.3 is 0 Å². The molecule has 0 atom stereocenters. The van der Waals surface area contributed by atoms with Gasteiger partial charge in [0.1, 0.15) is 5.82 Å². The van der Waals surface area contributed by atoms with E-state index in [0.29, 0.717) is 6.54 Å². The standard InChI is InChI=1S/C11H12FN3S/c1-15-7-10(6-14-15)16-11-3-2-9(12)4-8(11)5-13/h2-4,6-7H,5,13H2,1H3. The Morgan fingerprint density at radius 3 is 2.94 bits per heavy atom. The summed E-state index contributed by atoms with van der Waals surface area (Å²) in [6.45, 7) is 0.334. The lowest BCUT2D eigenvalue weighted by Crippen LogP contribution is -1.98. The summed E-state index contributed by atoms with van der Waals surface area (Å²) in [4.78, 5) is 1.99. The van der Waals surface area contributed by atoms with Gasteiger partial charge in [0.2, 0.25) is 0 Å². The zero-order valence-corrected chi connectivity index (χ0v) is 9.67. The van der Waals surface area contributed by atoms with Gasteiger partial charge in [-0.15, -0.1) is 0 Å². The van der Waals surface area contributed by atoms with E-state index in [9.17, 15) is 4.39 Å². The molecule has 0 aliphatic heterocycles. The molecule has 2 N–H and O–H groups in total. The molecule has 0 fully saturated rings. The molecule has 0 aliphatic carbocycles. The third kappa shape index (κ3) is 2.43. The highest BCUT2D eigenvalue weighted by Crippen LogP contribution is 2.30. The highest BCUT2D eigenvalue weighted by molar-refractivity contribution is 7.99. The number of hydrogen-bond acceptors (Lipinski definition) is 3. The molecule has 0 unspecified atom stereocenters. The minimum Gasteiger partial charge on any atom is -0.326 e. The topological polar surface area (TPSA) is 43.8 Å². The lowest BCUT2D eigenvalue weighted by Gasteiger charge is -2.05. The number of nitrogens with two attached hydrogens (primary N) is 1. The smallest absolute Gasteiger partial charge is 0.123 e. The fourth-order valence-corrected chi connectivity index (χ4v) is 2.35. The van der Waals surface area contributed by atoms with E-state index in [-0.39, 0.29) is 5.82 Å². The fourth-order valence-electron chi connectivity index (χ4n) is 1.39. The Morgan fingerprint density at radius 1 is 1.50 bits per heavy atom. The number of aryl methyl sites for hydroxylation is 1. The molecule has 0 spiro atoms. The third-order valence-electron chi connectivity index (χ3n) is 2.15. The van der Waals surface area contributed by atoms with Crippen LogP contribution in [0.2, 0.25) is 0 Å². The van der Waals surface area contributed by atoms with Gasteiger partial charge in [0.05, 0.1) is 11.1 Å². The van der Waals surface area contributed by atoms with Crippen LogP contribution in [0.1, 0.15) is 5.56 Å². The van der Waals surface area contributed by atoms with Crippen molar-refractivity contribution < 1.29 is 4.39 Å². The van der Waals surface area contributed by atoms with Crippen LogP contribution in [-0.4, -0.2) is 9.78 Å². The van der Waals surface area contributed by atoms with Crippen LogP contribution in [0.4, 0.5) is 4.39 Å². The van der Waals surface area contributed by atoms with E-state index in [2.05, 4.69) is 5.10 Å². The molecule has 2 aromatic rings. The monoisotopic (exact) mass is 237 g/mol. The Morgan fingerprint density at radius 2 is 2.31 bits per heavy atom. The van der Waals surface area contributed by atoms with E-state index >= 15 is 0 Å². The van der Waals surface area contributed by atoms with Crippen LogP contribution in [0, 0.1) is 5.82 Å². The van der Waals surface area contributed by atoms with Gasteiger partial charge in [-0.3, -0.25) is 4.68 Å². The Balaban J connectivity index is 2.27. The zero-order valence-electron chi connectivity index (χ0n) is 8.85. The molecule has 0 radical (unpaired) electrons. The van der Waals surface area contributed by atoms with Gasteiger partial charge in [-0.1, -0.05) is 11.8 Å². The lowest BCUT2D eigenvalue weighted by molar-refractivity contribution is 0.623. The molecule has 1 heterocycles. The van der Waals surface area contributed by atoms with Crippen molar-refractivity contribution in [2.75, 3.05) is 0 Å². The summed E-state index contributed by atoms with van der Waals surface area (Å²) < 4.78 is 14.7. The maximum Gasteiger partial charge on any atom is 0.123 e. The number of benzene rings is 1. The summed E-state index contributed by atoms with van der Waals surface area (Å²) in [5.41, 5.74) is 6.39. The fraction of sp³-hybridized carbons (Fsp3) is 0.182. The summed E-state index contributed by atoms with van der Waals surface area (Å²) in [5, 5.41) is 4.08. The minimum absolute atomic E-state index is 0.254. The van der Waals surface area contributed by atoms with Crippen molar-refractivity contribution in [2.24, 2.45) is 12.8 Å². The first kappa shape index (κ1) is 11.2. The molecule has 1 aromatic carbocycles. The van der Waals surface area contributed by atoms with E-state index in [1.54, 1.807) is 16.9 Å². The van der Waals surface area contributed by atoms with Crippen LogP contribution < -0.4 is 5.73 Å². The number of aromatic nitrogens is 2. The van der Waals surface area contributed by atoms with Crippen LogP contribution in [-0.2, 0) is 13.6 Å². The number of nitrogens with zero attached hydrogens (tertiary/aromatic N) is 2. The van der Waals surface area contributed by atoms with Crippen molar-refractivity contribution in [1.29, 1.82) is 0 Å². The van der Waals surface area contributed by atoms with Gasteiger partial charge in [-0.05, 0) is 23.8 Å². The van der Waals surface area contributed by atoms with Gasteiger partial charge in [0.25, 0.3) is 0 Å². The second-order valence-corrected chi connectivity index (χ2v) is 4.52. The number of halogens is 1. The molecule has 5 heteroatoms. The molecular weight excluding hydrogens is 225 g/mol. The van der Waals surface area contributed by atoms with Gasteiger partial charge in [-0.2, -0.15) is 5.10 Å². The number of hydrogen-bond donors (Lipinski definition) is 1. The minimum atomic E-state index is -0.254. The summed E-state index contributed by atoms with van der Waals surface area (Å²) in [6.07, 6.45) is 3.68. The Kier molecular flexibility index (Phi) is 3.26. The molecule has 0 aliphatic rings. The third-order valence-corrected chi connectivity index (χ3v) is 3.22. The highest BCUT2D eigenvalue weighted by Gasteiger charge is 2.06. The molecule has 0 amide bonds. The average molecular weight is 237 g/mol. The molecule has 2 rings (SSSR count). The zero-order chi connectivity index (χ0) is 11.5. The molecule has 3 nitrogen and oxygen atoms in total. The van der Waals surface area contributed by atoms with Crippen LogP contribution in [0.25, 0.3) is 0 Å². The largest absolute Gasteiger partial charge is 0.326 e. The second kappa shape index (κ2) is 4.67. The predicted molar refractivity (Wildman–Crippen MR) is 61.6 cm³/mol. The van der Waals surface area contributed by atoms with Crippen LogP contribution in [0.3, 0.4) is 0 Å². The Hall–Kier alpha value is -1.33. The summed E-state index contributed by atoms with van der Waals surface area (Å²) in [6, 6.07) is 4.66. The van der Waals surface area contributed by atoms with Crippen molar-refractivity contribution in [2.45, 2.75) is 16.3 Å². The molecule has 16 heavy (non-hydrogen) atoms. The van der Waals surface area contributed by atoms with Crippen LogP contribution in [0.15, 0.2) is 40.4 Å². The van der Waals surface area contributed by atoms with Crippen molar-refractivity contribution >= 4 is 11.8 Å². The van der Waals surface area contributed by atoms with Gasteiger partial charge in [0, 0.05) is 24.7 Å². The van der Waals surface area contributed by atoms with E-state index in [1.807, 2.05) is 13.2 Å². The summed E-state index contributed by atoms with van der Waals surface area (Å²) in [5.74, 6) is -0.254. The first-order valence-electron chi connectivity index (χ1n) is 4.84. The van der Waals surface area contributed by atoms with Crippen molar-refractivity contribution in [3.8, 4) is 0 Å². The first-order valence-corrected chi connectivity index (χ1v) is 5.65. The molecule has 1 aromatic heterocycles. The first-order chi connectivity index (χ1) is 7.69. The van der Waals surface area contributed by atoms with Crippen LogP contribution >= 0.6 is 11.8 Å². The van der Waals surface area contributed by atoms with Crippen molar-refractivity contribution in [3.05, 3.63) is 42.0 Å². The SMILES string of the molecule is Cn1cc(Sc2ccc(F)cc2CN)cn1. The van der Waals surface area contributed by atoms with Gasteiger partial charge in [-0.25, -0.2) is 4.39 Å². The molecular formula is C11H12FN3S. The van der Waals surface area contributed by atoms with E-state index in [1.165, 1.54) is 23.9 Å². The summed E-state index contributed by atoms with van der Waals surface area (Å²) >= 11 is 1.54. The molecule has 84 valence electrons. The molecule has 0 bridgehead atoms. The number of rotatable bonds is 3. The van der Waals surface area contributed by atoms with Crippen molar-refractivity contribution in [1.82, 2.24) is 9.78 Å². The van der Waals surface area contributed by atoms with E-state index in [4.69, 9.17) is 5.73 Å². The molecule has 0 saturated heterocycles. The van der Waals surface area contributed by atoms with Crippen molar-refractivity contribution in [3.63, 3.8) is 0 Å². The van der Waals surface area contributed by atoms with Crippen LogP contribution in [0.5, 0.6) is 0 Å². The second-order valence-electron chi connectivity index (χ2n) is 3.41. The lowest BCUT2D eigenvalue weighted by atomic mass is 10.2. The quantitative estimate of drug-likeness (QED) is 0.889. The normalized spacial score (nSPS) is 10.7. The maximum absolute atomic E-state index is 13.0.